The van der Waals surface area contributed by atoms with E-state index in [-0.39, 0.29) is 0 Å². The lowest BCUT2D eigenvalue weighted by molar-refractivity contribution is -0.400. The summed E-state index contributed by atoms with van der Waals surface area (Å²) in [5, 5.41) is 1.98. The molecule has 33 heavy (non-hydrogen) atoms. The molecule has 1 heterocycles. The Hall–Kier alpha value is -3.27. The average Bonchev–Trinajstić information content (AvgIpc) is 2.79. The highest BCUT2D eigenvalue weighted by Gasteiger charge is 2.20. The smallest absolute Gasteiger partial charge is 0.493 e. The summed E-state index contributed by atoms with van der Waals surface area (Å²) in [5.74, 6) is 2.07. The SMILES string of the molecule is COc1ccc(-c2cc(=[NH+]c3ccc(Br)cc3)c3ccccc3o2)cc1OC.F[B-](F)(F)F. The van der Waals surface area contributed by atoms with Crippen LogP contribution in [0, 0.1) is 0 Å². The van der Waals surface area contributed by atoms with E-state index in [0.717, 1.165) is 37.8 Å². The van der Waals surface area contributed by atoms with Crippen LogP contribution in [0.3, 0.4) is 0 Å². The van der Waals surface area contributed by atoms with Crippen molar-refractivity contribution >= 4 is 39.8 Å². The molecule has 0 aliphatic rings. The molecule has 0 unspecified atom stereocenters. The number of rotatable bonds is 4. The summed E-state index contributed by atoms with van der Waals surface area (Å²) >= 11 is 3.47. The normalized spacial score (nSPS) is 11.7. The molecule has 0 atom stereocenters. The highest BCUT2D eigenvalue weighted by Crippen LogP contribution is 2.32. The summed E-state index contributed by atoms with van der Waals surface area (Å²) in [6.07, 6.45) is 0. The summed E-state index contributed by atoms with van der Waals surface area (Å²) in [7, 11) is -2.75. The second-order valence-corrected chi connectivity index (χ2v) is 7.63. The zero-order valence-electron chi connectivity index (χ0n) is 17.6. The van der Waals surface area contributed by atoms with E-state index in [2.05, 4.69) is 20.9 Å². The fourth-order valence-corrected chi connectivity index (χ4v) is 3.32. The van der Waals surface area contributed by atoms with Gasteiger partial charge in [0, 0.05) is 22.2 Å². The van der Waals surface area contributed by atoms with Gasteiger partial charge >= 0.3 is 7.25 Å². The molecular weight excluding hydrogens is 505 g/mol. The number of nitrogens with one attached hydrogen (secondary N) is 1. The second kappa shape index (κ2) is 10.6. The number of benzene rings is 3. The molecule has 0 saturated heterocycles. The van der Waals surface area contributed by atoms with Crippen molar-refractivity contribution in [1.29, 1.82) is 0 Å². The molecule has 4 nitrogen and oxygen atoms in total. The van der Waals surface area contributed by atoms with Crippen LogP contribution in [0.4, 0.5) is 23.0 Å². The van der Waals surface area contributed by atoms with Gasteiger partial charge in [-0.3, -0.25) is 0 Å². The van der Waals surface area contributed by atoms with E-state index in [1.807, 2.05) is 72.8 Å². The Morgan fingerprint density at radius 1 is 0.818 bits per heavy atom. The van der Waals surface area contributed by atoms with E-state index in [1.165, 1.54) is 0 Å². The van der Waals surface area contributed by atoms with Crippen molar-refractivity contribution in [3.05, 3.63) is 82.6 Å². The molecule has 1 N–H and O–H groups in total. The molecule has 1 aromatic heterocycles. The third-order valence-electron chi connectivity index (χ3n) is 4.46. The fraction of sp³-hybridized carbons (Fsp3) is 0.0870. The minimum Gasteiger partial charge on any atom is -0.493 e. The van der Waals surface area contributed by atoms with Crippen LogP contribution in [0.15, 0.2) is 81.7 Å². The third kappa shape index (κ3) is 6.86. The van der Waals surface area contributed by atoms with Gasteiger partial charge < -0.3 is 31.2 Å². The van der Waals surface area contributed by atoms with Gasteiger partial charge in [0.1, 0.15) is 11.3 Å². The summed E-state index contributed by atoms with van der Waals surface area (Å²) in [4.78, 5) is 3.50. The maximum absolute atomic E-state index is 9.75. The van der Waals surface area contributed by atoms with Crippen molar-refractivity contribution in [3.8, 4) is 22.8 Å². The minimum atomic E-state index is -6.00. The summed E-state index contributed by atoms with van der Waals surface area (Å²) in [5.41, 5.74) is 2.70. The molecule has 4 rings (SSSR count). The van der Waals surface area contributed by atoms with Crippen molar-refractivity contribution in [2.45, 2.75) is 0 Å². The number of ether oxygens (including phenoxy) is 2. The number of halogens is 5. The van der Waals surface area contributed by atoms with Crippen molar-refractivity contribution < 1.29 is 36.1 Å². The maximum atomic E-state index is 9.75. The van der Waals surface area contributed by atoms with Crippen LogP contribution >= 0.6 is 15.9 Å². The summed E-state index contributed by atoms with van der Waals surface area (Å²) in [6.45, 7) is 0. The van der Waals surface area contributed by atoms with Gasteiger partial charge in [0.25, 0.3) is 0 Å². The van der Waals surface area contributed by atoms with Crippen LogP contribution in [-0.4, -0.2) is 21.5 Å². The van der Waals surface area contributed by atoms with Gasteiger partial charge in [-0.2, -0.15) is 0 Å². The lowest BCUT2D eigenvalue weighted by Crippen LogP contribution is -2.70. The van der Waals surface area contributed by atoms with E-state index >= 15 is 0 Å². The summed E-state index contributed by atoms with van der Waals surface area (Å²) < 4.78 is 57.0. The van der Waals surface area contributed by atoms with Gasteiger partial charge in [-0.15, -0.1) is 0 Å². The lowest BCUT2D eigenvalue weighted by Gasteiger charge is -2.09. The van der Waals surface area contributed by atoms with E-state index < -0.39 is 7.25 Å². The molecule has 4 aromatic rings. The molecule has 0 spiro atoms. The van der Waals surface area contributed by atoms with Crippen LogP contribution in [0.5, 0.6) is 11.5 Å². The number of para-hydroxylation sites is 1. The Morgan fingerprint density at radius 3 is 2.09 bits per heavy atom. The van der Waals surface area contributed by atoms with E-state index in [1.54, 1.807) is 14.2 Å². The van der Waals surface area contributed by atoms with E-state index in [9.17, 15) is 17.3 Å². The maximum Gasteiger partial charge on any atom is 0.673 e. The first-order valence-electron chi connectivity index (χ1n) is 9.66. The number of hydrogen-bond acceptors (Lipinski definition) is 3. The highest BCUT2D eigenvalue weighted by molar-refractivity contribution is 9.10. The minimum absolute atomic E-state index is 0.658. The Balaban J connectivity index is 0.000000555. The molecule has 0 aliphatic carbocycles. The quantitative estimate of drug-likeness (QED) is 0.284. The third-order valence-corrected chi connectivity index (χ3v) is 4.99. The van der Waals surface area contributed by atoms with Gasteiger partial charge in [0.05, 0.1) is 25.7 Å². The van der Waals surface area contributed by atoms with Crippen LogP contribution in [0.1, 0.15) is 0 Å². The monoisotopic (exact) mass is 523 g/mol. The van der Waals surface area contributed by atoms with Gasteiger partial charge in [0.15, 0.2) is 11.5 Å². The largest absolute Gasteiger partial charge is 0.673 e. The first-order chi connectivity index (χ1) is 15.7. The Kier molecular flexibility index (Phi) is 7.81. The molecule has 0 fully saturated rings. The predicted molar refractivity (Wildman–Crippen MR) is 123 cm³/mol. The molecule has 0 bridgehead atoms. The standard InChI is InChI=1S/C23H18BrNO3.BF4/c1-26-21-12-7-15(13-23(21)27-2)22-14-19(18-5-3-4-6-20(18)28-22)25-17-10-8-16(24)9-11-17;2-1(3,4)5/h3-14H,1-2H3;/q;-1/p+1. The first kappa shape index (κ1) is 24.4. The number of fused-ring (bicyclic) bond motifs is 1. The number of methoxy groups -OCH3 is 2. The van der Waals surface area contributed by atoms with E-state index in [0.29, 0.717) is 11.5 Å². The first-order valence-corrected chi connectivity index (χ1v) is 10.5. The molecular formula is C23H19BBrF4NO3. The molecule has 0 saturated carbocycles. The molecule has 172 valence electrons. The molecule has 10 heteroatoms. The van der Waals surface area contributed by atoms with Crippen molar-refractivity contribution in [1.82, 2.24) is 0 Å². The molecule has 0 radical (unpaired) electrons. The Morgan fingerprint density at radius 2 is 1.45 bits per heavy atom. The summed E-state index contributed by atoms with van der Waals surface area (Å²) in [6, 6.07) is 23.8. The topological polar surface area (TPSA) is 45.6 Å². The van der Waals surface area contributed by atoms with Gasteiger partial charge in [-0.25, -0.2) is 4.99 Å². The van der Waals surface area contributed by atoms with Crippen molar-refractivity contribution in [2.75, 3.05) is 14.2 Å². The van der Waals surface area contributed by atoms with Crippen LogP contribution in [0.25, 0.3) is 22.3 Å². The van der Waals surface area contributed by atoms with Gasteiger partial charge in [-0.05, 0) is 42.5 Å². The van der Waals surface area contributed by atoms with Crippen molar-refractivity contribution in [2.24, 2.45) is 0 Å². The fourth-order valence-electron chi connectivity index (χ4n) is 3.06. The zero-order chi connectivity index (χ0) is 24.0. The van der Waals surface area contributed by atoms with Gasteiger partial charge in [0.2, 0.25) is 11.0 Å². The molecule has 3 aromatic carbocycles. The second-order valence-electron chi connectivity index (χ2n) is 6.72. The van der Waals surface area contributed by atoms with Gasteiger partial charge in [-0.1, -0.05) is 28.1 Å². The predicted octanol–water partition coefficient (Wildman–Crippen LogP) is 5.49. The molecule has 0 amide bonds. The van der Waals surface area contributed by atoms with E-state index in [4.69, 9.17) is 13.9 Å². The zero-order valence-corrected chi connectivity index (χ0v) is 19.2. The molecule has 0 aliphatic heterocycles. The van der Waals surface area contributed by atoms with Crippen LogP contribution in [-0.2, 0) is 0 Å². The van der Waals surface area contributed by atoms with Crippen molar-refractivity contribution in [3.63, 3.8) is 0 Å². The highest BCUT2D eigenvalue weighted by atomic mass is 79.9. The Labute approximate surface area is 195 Å². The van der Waals surface area contributed by atoms with Crippen LogP contribution < -0.4 is 19.8 Å². The lowest BCUT2D eigenvalue weighted by atomic mass is 10.1. The Bertz CT molecular complexity index is 1300. The van der Waals surface area contributed by atoms with Crippen LogP contribution in [0.2, 0.25) is 0 Å². The number of hydrogen-bond donors (Lipinski definition) is 1. The average molecular weight is 524 g/mol.